The van der Waals surface area contributed by atoms with Crippen molar-refractivity contribution in [1.29, 1.82) is 0 Å². The van der Waals surface area contributed by atoms with Crippen molar-refractivity contribution in [2.24, 2.45) is 0 Å². The van der Waals surface area contributed by atoms with E-state index in [2.05, 4.69) is 62.6 Å². The van der Waals surface area contributed by atoms with Gasteiger partial charge in [-0.1, -0.05) is 22.5 Å². The third kappa shape index (κ3) is 2.21. The van der Waals surface area contributed by atoms with E-state index in [0.29, 0.717) is 0 Å². The lowest BCUT2D eigenvalue weighted by atomic mass is 10.2. The smallest absolute Gasteiger partial charge is 0.194 e. The van der Waals surface area contributed by atoms with Crippen molar-refractivity contribution in [3.05, 3.63) is 34.0 Å². The summed E-state index contributed by atoms with van der Waals surface area (Å²) in [6, 6.07) is 0.263. The van der Waals surface area contributed by atoms with Crippen LogP contribution in [0, 0.1) is 6.92 Å². The van der Waals surface area contributed by atoms with Gasteiger partial charge >= 0.3 is 0 Å². The molecule has 0 spiro atoms. The van der Waals surface area contributed by atoms with E-state index in [1.807, 2.05) is 0 Å². The molecule has 0 aromatic carbocycles. The fraction of sp³-hybridized carbons (Fsp3) is 0.364. The maximum atomic E-state index is 4.53. The lowest BCUT2D eigenvalue weighted by Crippen LogP contribution is -2.21. The maximum Gasteiger partial charge on any atom is 0.194 e. The molecule has 1 unspecified atom stereocenters. The molecule has 0 saturated heterocycles. The fourth-order valence-electron chi connectivity index (χ4n) is 1.79. The van der Waals surface area contributed by atoms with Crippen LogP contribution < -0.4 is 5.32 Å². The average molecular weight is 300 g/mol. The molecule has 0 aliphatic carbocycles. The van der Waals surface area contributed by atoms with Gasteiger partial charge in [-0.3, -0.25) is 4.40 Å². The van der Waals surface area contributed by atoms with Crippen LogP contribution in [0.4, 0.5) is 0 Å². The van der Waals surface area contributed by atoms with Gasteiger partial charge in [-0.15, -0.1) is 11.3 Å². The standard InChI is InChI=1S/C11H14BrN3S/c1-7(12)6-13-8(2)10-9(3)14-11-15(10)4-5-16-11/h4-5,8,13H,1,6H2,2-3H3. The van der Waals surface area contributed by atoms with Crippen molar-refractivity contribution in [1.82, 2.24) is 14.7 Å². The van der Waals surface area contributed by atoms with Crippen molar-refractivity contribution in [3.63, 3.8) is 0 Å². The summed E-state index contributed by atoms with van der Waals surface area (Å²) in [7, 11) is 0. The lowest BCUT2D eigenvalue weighted by Gasteiger charge is -2.13. The highest BCUT2D eigenvalue weighted by Gasteiger charge is 2.15. The molecule has 0 aliphatic rings. The van der Waals surface area contributed by atoms with Crippen LogP contribution in [0.25, 0.3) is 4.96 Å². The highest BCUT2D eigenvalue weighted by atomic mass is 79.9. The Morgan fingerprint density at radius 3 is 3.19 bits per heavy atom. The number of hydrogen-bond donors (Lipinski definition) is 1. The minimum absolute atomic E-state index is 0.263. The zero-order valence-electron chi connectivity index (χ0n) is 9.33. The molecule has 0 aliphatic heterocycles. The molecule has 0 radical (unpaired) electrons. The molecule has 0 fully saturated rings. The minimum atomic E-state index is 0.263. The number of halogens is 1. The average Bonchev–Trinajstić information content (AvgIpc) is 2.73. The van der Waals surface area contributed by atoms with Crippen molar-refractivity contribution in [2.75, 3.05) is 6.54 Å². The second-order valence-corrected chi connectivity index (χ2v) is 5.75. The summed E-state index contributed by atoms with van der Waals surface area (Å²) in [4.78, 5) is 5.58. The first kappa shape index (κ1) is 11.8. The molecule has 2 rings (SSSR count). The summed E-state index contributed by atoms with van der Waals surface area (Å²) in [5.41, 5.74) is 2.32. The van der Waals surface area contributed by atoms with Gasteiger partial charge in [0.2, 0.25) is 0 Å². The number of nitrogens with zero attached hydrogens (tertiary/aromatic N) is 2. The molecule has 2 aromatic heterocycles. The number of aromatic nitrogens is 2. The molecule has 1 N–H and O–H groups in total. The molecular formula is C11H14BrN3S. The van der Waals surface area contributed by atoms with E-state index in [1.165, 1.54) is 5.69 Å². The molecule has 0 saturated carbocycles. The first-order chi connectivity index (χ1) is 7.59. The van der Waals surface area contributed by atoms with E-state index in [1.54, 1.807) is 11.3 Å². The Morgan fingerprint density at radius 2 is 2.50 bits per heavy atom. The quantitative estimate of drug-likeness (QED) is 0.939. The number of hydrogen-bond acceptors (Lipinski definition) is 3. The molecule has 2 aromatic rings. The zero-order valence-corrected chi connectivity index (χ0v) is 11.7. The van der Waals surface area contributed by atoms with Crippen molar-refractivity contribution in [2.45, 2.75) is 19.9 Å². The predicted octanol–water partition coefficient (Wildman–Crippen LogP) is 3.26. The van der Waals surface area contributed by atoms with Crippen LogP contribution in [-0.2, 0) is 0 Å². The first-order valence-corrected chi connectivity index (χ1v) is 6.75. The van der Waals surface area contributed by atoms with Gasteiger partial charge in [-0.25, -0.2) is 4.98 Å². The van der Waals surface area contributed by atoms with E-state index in [4.69, 9.17) is 0 Å². The Morgan fingerprint density at radius 1 is 1.75 bits per heavy atom. The van der Waals surface area contributed by atoms with Gasteiger partial charge < -0.3 is 5.32 Å². The molecule has 16 heavy (non-hydrogen) atoms. The topological polar surface area (TPSA) is 29.3 Å². The summed E-state index contributed by atoms with van der Waals surface area (Å²) in [6.07, 6.45) is 2.07. The van der Waals surface area contributed by atoms with Crippen LogP contribution in [0.5, 0.6) is 0 Å². The largest absolute Gasteiger partial charge is 0.304 e. The third-order valence-corrected chi connectivity index (χ3v) is 3.53. The normalized spacial score (nSPS) is 13.2. The molecule has 5 heteroatoms. The maximum absolute atomic E-state index is 4.53. The van der Waals surface area contributed by atoms with Gasteiger partial charge in [0, 0.05) is 28.6 Å². The van der Waals surface area contributed by atoms with Gasteiger partial charge in [-0.05, 0) is 13.8 Å². The number of fused-ring (bicyclic) bond motifs is 1. The van der Waals surface area contributed by atoms with E-state index < -0.39 is 0 Å². The third-order valence-electron chi connectivity index (χ3n) is 2.49. The van der Waals surface area contributed by atoms with E-state index in [0.717, 1.165) is 21.7 Å². The summed E-state index contributed by atoms with van der Waals surface area (Å²) >= 11 is 5.01. The molecule has 0 amide bonds. The predicted molar refractivity (Wildman–Crippen MR) is 72.3 cm³/mol. The zero-order chi connectivity index (χ0) is 11.7. The number of rotatable bonds is 4. The molecule has 1 atom stereocenters. The summed E-state index contributed by atoms with van der Waals surface area (Å²) in [5, 5.41) is 5.46. The highest BCUT2D eigenvalue weighted by Crippen LogP contribution is 2.22. The highest BCUT2D eigenvalue weighted by molar-refractivity contribution is 9.11. The van der Waals surface area contributed by atoms with Crippen LogP contribution in [-0.4, -0.2) is 15.9 Å². The van der Waals surface area contributed by atoms with Crippen molar-refractivity contribution in [3.8, 4) is 0 Å². The van der Waals surface area contributed by atoms with E-state index in [-0.39, 0.29) is 6.04 Å². The Hall–Kier alpha value is -0.650. The summed E-state index contributed by atoms with van der Waals surface area (Å²) in [6.45, 7) is 8.77. The van der Waals surface area contributed by atoms with E-state index >= 15 is 0 Å². The van der Waals surface area contributed by atoms with Crippen LogP contribution >= 0.6 is 27.3 Å². The Kier molecular flexibility index (Phi) is 3.47. The first-order valence-electron chi connectivity index (χ1n) is 5.08. The monoisotopic (exact) mass is 299 g/mol. The lowest BCUT2D eigenvalue weighted by molar-refractivity contribution is 0.592. The van der Waals surface area contributed by atoms with Gasteiger partial charge in [0.1, 0.15) is 0 Å². The molecule has 2 heterocycles. The van der Waals surface area contributed by atoms with Crippen LogP contribution in [0.1, 0.15) is 24.4 Å². The molecule has 0 bridgehead atoms. The van der Waals surface area contributed by atoms with Gasteiger partial charge in [0.25, 0.3) is 0 Å². The van der Waals surface area contributed by atoms with Crippen LogP contribution in [0.3, 0.4) is 0 Å². The second kappa shape index (κ2) is 4.69. The molecular weight excluding hydrogens is 286 g/mol. The SMILES string of the molecule is C=C(Br)CNC(C)c1c(C)nc2sccn12. The van der Waals surface area contributed by atoms with Crippen LogP contribution in [0.2, 0.25) is 0 Å². The Bertz CT molecular complexity index is 514. The fourth-order valence-corrected chi connectivity index (χ4v) is 2.72. The molecule has 3 nitrogen and oxygen atoms in total. The van der Waals surface area contributed by atoms with Gasteiger partial charge in [0.05, 0.1) is 11.4 Å². The minimum Gasteiger partial charge on any atom is -0.304 e. The summed E-state index contributed by atoms with van der Waals surface area (Å²) in [5.74, 6) is 0. The van der Waals surface area contributed by atoms with Gasteiger partial charge in [0.15, 0.2) is 4.96 Å². The van der Waals surface area contributed by atoms with E-state index in [9.17, 15) is 0 Å². The number of aryl methyl sites for hydroxylation is 1. The Balaban J connectivity index is 2.27. The Labute approximate surface area is 107 Å². The van der Waals surface area contributed by atoms with Crippen LogP contribution in [0.15, 0.2) is 22.6 Å². The summed E-state index contributed by atoms with van der Waals surface area (Å²) < 4.78 is 3.11. The number of nitrogens with one attached hydrogen (secondary N) is 1. The second-order valence-electron chi connectivity index (χ2n) is 3.76. The number of thiazole rings is 1. The number of imidazole rings is 1. The molecule has 86 valence electrons. The van der Waals surface area contributed by atoms with Crippen molar-refractivity contribution < 1.29 is 0 Å². The van der Waals surface area contributed by atoms with Gasteiger partial charge in [-0.2, -0.15) is 0 Å². The van der Waals surface area contributed by atoms with Crippen molar-refractivity contribution >= 4 is 32.2 Å².